The van der Waals surface area contributed by atoms with Gasteiger partial charge in [0.05, 0.1) is 18.7 Å². The Labute approximate surface area is 138 Å². The summed E-state index contributed by atoms with van der Waals surface area (Å²) in [6, 6.07) is 4.17. The van der Waals surface area contributed by atoms with Gasteiger partial charge in [0, 0.05) is 27.6 Å². The van der Waals surface area contributed by atoms with Crippen LogP contribution in [0.2, 0.25) is 0 Å². The number of nitrogens with zero attached hydrogens (tertiary/aromatic N) is 1. The molecular weight excluding hydrogens is 374 g/mol. The molecule has 0 bridgehead atoms. The molecule has 0 atom stereocenters. The molecule has 7 heteroatoms. The highest BCUT2D eigenvalue weighted by Gasteiger charge is 2.18. The van der Waals surface area contributed by atoms with Gasteiger partial charge in [-0.2, -0.15) is 0 Å². The van der Waals surface area contributed by atoms with Crippen molar-refractivity contribution in [1.29, 1.82) is 0 Å². The van der Waals surface area contributed by atoms with Crippen molar-refractivity contribution >= 4 is 45.0 Å². The summed E-state index contributed by atoms with van der Waals surface area (Å²) in [6.45, 7) is 0.740. The first-order chi connectivity index (χ1) is 10.1. The molecule has 1 aromatic heterocycles. The number of ether oxygens (including phenoxy) is 1. The standard InChI is InChI=1S/C14H12BrNO3S2/c15-10-3-8-1-2-19-13(8)9(4-10)6-20-14-16-11(7-21-14)5-12(17)18/h3-4,7H,1-2,5-6H2,(H,17,18). The maximum Gasteiger partial charge on any atom is 0.309 e. The predicted octanol–water partition coefficient (Wildman–Crippen LogP) is 3.76. The molecule has 3 rings (SSSR count). The highest BCUT2D eigenvalue weighted by atomic mass is 79.9. The van der Waals surface area contributed by atoms with Crippen LogP contribution in [0.5, 0.6) is 5.75 Å². The Hall–Kier alpha value is -1.05. The molecule has 0 saturated carbocycles. The summed E-state index contributed by atoms with van der Waals surface area (Å²) in [5, 5.41) is 10.6. The number of carbonyl (C=O) groups is 1. The number of carboxylic acid groups (broad SMARTS) is 1. The largest absolute Gasteiger partial charge is 0.493 e. The molecule has 21 heavy (non-hydrogen) atoms. The summed E-state index contributed by atoms with van der Waals surface area (Å²) in [7, 11) is 0. The summed E-state index contributed by atoms with van der Waals surface area (Å²) in [4.78, 5) is 15.0. The maximum absolute atomic E-state index is 10.7. The third-order valence-electron chi connectivity index (χ3n) is 3.04. The predicted molar refractivity (Wildman–Crippen MR) is 86.4 cm³/mol. The normalized spacial score (nSPS) is 13.0. The summed E-state index contributed by atoms with van der Waals surface area (Å²) >= 11 is 6.62. The van der Waals surface area contributed by atoms with Crippen molar-refractivity contribution in [3.8, 4) is 5.75 Å². The highest BCUT2D eigenvalue weighted by Crippen LogP contribution is 2.37. The van der Waals surface area contributed by atoms with E-state index < -0.39 is 5.97 Å². The van der Waals surface area contributed by atoms with Crippen LogP contribution in [0.1, 0.15) is 16.8 Å². The van der Waals surface area contributed by atoms with Crippen LogP contribution in [-0.4, -0.2) is 22.7 Å². The van der Waals surface area contributed by atoms with E-state index in [4.69, 9.17) is 9.84 Å². The molecule has 0 unspecified atom stereocenters. The van der Waals surface area contributed by atoms with E-state index in [1.54, 1.807) is 17.1 Å². The van der Waals surface area contributed by atoms with Crippen LogP contribution < -0.4 is 4.74 Å². The molecule has 4 nitrogen and oxygen atoms in total. The summed E-state index contributed by atoms with van der Waals surface area (Å²) in [5.74, 6) is 0.907. The van der Waals surface area contributed by atoms with E-state index >= 15 is 0 Å². The van der Waals surface area contributed by atoms with Gasteiger partial charge in [0.15, 0.2) is 0 Å². The molecule has 1 N–H and O–H groups in total. The van der Waals surface area contributed by atoms with Gasteiger partial charge in [-0.3, -0.25) is 4.79 Å². The van der Waals surface area contributed by atoms with E-state index in [0.717, 1.165) is 38.9 Å². The smallest absolute Gasteiger partial charge is 0.309 e. The Balaban J connectivity index is 1.71. The van der Waals surface area contributed by atoms with Gasteiger partial charge in [0.2, 0.25) is 0 Å². The average Bonchev–Trinajstić information content (AvgIpc) is 3.04. The van der Waals surface area contributed by atoms with Crippen LogP contribution in [0, 0.1) is 0 Å². The molecule has 1 aromatic carbocycles. The van der Waals surface area contributed by atoms with Crippen LogP contribution in [0.3, 0.4) is 0 Å². The second kappa shape index (κ2) is 6.37. The van der Waals surface area contributed by atoms with Gasteiger partial charge < -0.3 is 9.84 Å². The number of fused-ring (bicyclic) bond motifs is 1. The first-order valence-corrected chi connectivity index (χ1v) is 9.01. The van der Waals surface area contributed by atoms with Crippen LogP contribution >= 0.6 is 39.0 Å². The van der Waals surface area contributed by atoms with Crippen molar-refractivity contribution in [3.05, 3.63) is 38.8 Å². The Bertz CT molecular complexity index is 687. The molecule has 110 valence electrons. The Morgan fingerprint density at radius 2 is 2.38 bits per heavy atom. The summed E-state index contributed by atoms with van der Waals surface area (Å²) in [6.07, 6.45) is 0.929. The van der Waals surface area contributed by atoms with Crippen LogP contribution in [0.25, 0.3) is 0 Å². The number of thioether (sulfide) groups is 1. The SMILES string of the molecule is O=C(O)Cc1csc(SCc2cc(Br)cc3c2OCC3)n1. The number of aliphatic carboxylic acids is 1. The number of hydrogen-bond acceptors (Lipinski definition) is 5. The monoisotopic (exact) mass is 385 g/mol. The molecule has 1 aliphatic rings. The van der Waals surface area contributed by atoms with Gasteiger partial charge in [-0.05, 0) is 17.7 Å². The zero-order chi connectivity index (χ0) is 14.8. The molecule has 2 heterocycles. The lowest BCUT2D eigenvalue weighted by molar-refractivity contribution is -0.136. The number of aromatic nitrogens is 1. The quantitative estimate of drug-likeness (QED) is 0.793. The van der Waals surface area contributed by atoms with Gasteiger partial charge in [0.1, 0.15) is 10.1 Å². The first kappa shape index (κ1) is 14.9. The molecule has 2 aromatic rings. The second-order valence-electron chi connectivity index (χ2n) is 4.62. The van der Waals surface area contributed by atoms with Crippen molar-refractivity contribution in [2.75, 3.05) is 6.61 Å². The second-order valence-corrected chi connectivity index (χ2v) is 7.61. The van der Waals surface area contributed by atoms with Crippen molar-refractivity contribution in [1.82, 2.24) is 4.98 Å². The fraction of sp³-hybridized carbons (Fsp3) is 0.286. The fourth-order valence-corrected chi connectivity index (χ4v) is 4.55. The Morgan fingerprint density at radius 1 is 1.52 bits per heavy atom. The van der Waals surface area contributed by atoms with E-state index in [1.807, 2.05) is 0 Å². The van der Waals surface area contributed by atoms with Crippen LogP contribution in [0.15, 0.2) is 26.3 Å². The number of thiazole rings is 1. The van der Waals surface area contributed by atoms with E-state index in [1.165, 1.54) is 16.9 Å². The first-order valence-electron chi connectivity index (χ1n) is 6.35. The lowest BCUT2D eigenvalue weighted by Crippen LogP contribution is -1.99. The molecule has 0 saturated heterocycles. The third kappa shape index (κ3) is 3.59. The molecule has 1 aliphatic heterocycles. The number of hydrogen-bond donors (Lipinski definition) is 1. The minimum absolute atomic E-state index is 0.0214. The van der Waals surface area contributed by atoms with Gasteiger partial charge in [0.25, 0.3) is 0 Å². The molecule has 0 spiro atoms. The fourth-order valence-electron chi connectivity index (χ4n) is 2.18. The van der Waals surface area contributed by atoms with Gasteiger partial charge in [-0.1, -0.05) is 27.7 Å². The van der Waals surface area contributed by atoms with E-state index in [9.17, 15) is 4.79 Å². The van der Waals surface area contributed by atoms with Gasteiger partial charge >= 0.3 is 5.97 Å². The molecule has 0 radical (unpaired) electrons. The highest BCUT2D eigenvalue weighted by molar-refractivity contribution is 9.10. The zero-order valence-electron chi connectivity index (χ0n) is 11.0. The molecule has 0 aliphatic carbocycles. The Kier molecular flexibility index (Phi) is 4.51. The lowest BCUT2D eigenvalue weighted by Gasteiger charge is -2.07. The minimum Gasteiger partial charge on any atom is -0.493 e. The van der Waals surface area contributed by atoms with Gasteiger partial charge in [-0.25, -0.2) is 4.98 Å². The van der Waals surface area contributed by atoms with Crippen molar-refractivity contribution in [2.24, 2.45) is 0 Å². The molecule has 0 fully saturated rings. The number of carboxylic acids is 1. The summed E-state index contributed by atoms with van der Waals surface area (Å²) in [5.41, 5.74) is 3.01. The maximum atomic E-state index is 10.7. The number of halogens is 1. The molecule has 0 amide bonds. The van der Waals surface area contributed by atoms with E-state index in [-0.39, 0.29) is 6.42 Å². The average molecular weight is 386 g/mol. The van der Waals surface area contributed by atoms with Gasteiger partial charge in [-0.15, -0.1) is 11.3 Å². The van der Waals surface area contributed by atoms with E-state index in [2.05, 4.69) is 33.0 Å². The third-order valence-corrected chi connectivity index (χ3v) is 5.62. The van der Waals surface area contributed by atoms with E-state index in [0.29, 0.717) is 5.69 Å². The van der Waals surface area contributed by atoms with Crippen molar-refractivity contribution in [2.45, 2.75) is 22.9 Å². The molecular formula is C14H12BrNO3S2. The van der Waals surface area contributed by atoms with Crippen molar-refractivity contribution in [3.63, 3.8) is 0 Å². The minimum atomic E-state index is -0.852. The van der Waals surface area contributed by atoms with Crippen molar-refractivity contribution < 1.29 is 14.6 Å². The number of rotatable bonds is 5. The van der Waals surface area contributed by atoms with Crippen LogP contribution in [-0.2, 0) is 23.4 Å². The Morgan fingerprint density at radius 3 is 3.19 bits per heavy atom. The zero-order valence-corrected chi connectivity index (χ0v) is 14.2. The van der Waals surface area contributed by atoms with Crippen LogP contribution in [0.4, 0.5) is 0 Å². The lowest BCUT2D eigenvalue weighted by atomic mass is 10.1. The number of benzene rings is 1. The topological polar surface area (TPSA) is 59.4 Å². The summed E-state index contributed by atoms with van der Waals surface area (Å²) < 4.78 is 7.65.